The number of carbonyl (C=O) groups is 1. The summed E-state index contributed by atoms with van der Waals surface area (Å²) in [5, 5.41) is 0. The molecule has 5 heteroatoms. The highest BCUT2D eigenvalue weighted by atomic mass is 127. The van der Waals surface area contributed by atoms with Crippen LogP contribution in [0.1, 0.15) is 58.3 Å². The molecular weight excluding hydrogens is 463 g/mol. The summed E-state index contributed by atoms with van der Waals surface area (Å²) in [7, 11) is 2.08. The van der Waals surface area contributed by atoms with Gasteiger partial charge in [0.1, 0.15) is 6.10 Å². The number of fused-ring (bicyclic) bond motifs is 1. The molecule has 0 saturated heterocycles. The fourth-order valence-corrected chi connectivity index (χ4v) is 4.78. The third kappa shape index (κ3) is 4.71. The molecule has 3 atom stereocenters. The topological polar surface area (TPSA) is 35.1 Å². The number of aromatic nitrogens is 2. The number of carbonyl (C=O) groups excluding carboxylic acids is 1. The van der Waals surface area contributed by atoms with Crippen molar-refractivity contribution < 1.29 is 38.1 Å². The summed E-state index contributed by atoms with van der Waals surface area (Å²) >= 11 is 0. The quantitative estimate of drug-likeness (QED) is 0.355. The number of esters is 1. The second kappa shape index (κ2) is 9.59. The Morgan fingerprint density at radius 2 is 2.04 bits per heavy atom. The number of nitrogens with zero attached hydrogens (tertiary/aromatic N) is 2. The lowest BCUT2D eigenvalue weighted by Gasteiger charge is -2.36. The van der Waals surface area contributed by atoms with Crippen molar-refractivity contribution in [3.8, 4) is 0 Å². The van der Waals surface area contributed by atoms with Crippen LogP contribution in [0.5, 0.6) is 0 Å². The van der Waals surface area contributed by atoms with Gasteiger partial charge < -0.3 is 28.7 Å². The van der Waals surface area contributed by atoms with Crippen LogP contribution in [0.15, 0.2) is 18.2 Å². The Kier molecular flexibility index (Phi) is 7.94. The molecule has 0 radical (unpaired) electrons. The molecule has 0 spiro atoms. The van der Waals surface area contributed by atoms with Gasteiger partial charge in [-0.15, -0.1) is 0 Å². The number of hydrogen-bond acceptors (Lipinski definition) is 2. The van der Waals surface area contributed by atoms with Gasteiger partial charge in [-0.05, 0) is 55.2 Å². The molecule has 0 aliphatic heterocycles. The molecule has 1 fully saturated rings. The molecule has 2 aromatic rings. The third-order valence-electron chi connectivity index (χ3n) is 6.33. The molecular formula is C23H35IN2O2. The van der Waals surface area contributed by atoms with E-state index < -0.39 is 0 Å². The number of halogens is 1. The molecule has 3 rings (SSSR count). The maximum absolute atomic E-state index is 12.9. The Bertz CT molecular complexity index is 828. The van der Waals surface area contributed by atoms with E-state index in [4.69, 9.17) is 4.74 Å². The predicted molar refractivity (Wildman–Crippen MR) is 108 cm³/mol. The molecule has 0 N–H and O–H groups in total. The molecule has 0 amide bonds. The van der Waals surface area contributed by atoms with E-state index >= 15 is 0 Å². The van der Waals surface area contributed by atoms with E-state index in [-0.39, 0.29) is 36.0 Å². The third-order valence-corrected chi connectivity index (χ3v) is 6.33. The maximum atomic E-state index is 12.9. The summed E-state index contributed by atoms with van der Waals surface area (Å²) in [6.07, 6.45) is 4.34. The molecule has 0 unspecified atom stereocenters. The summed E-state index contributed by atoms with van der Waals surface area (Å²) < 4.78 is 10.4. The van der Waals surface area contributed by atoms with Gasteiger partial charge in [-0.2, -0.15) is 0 Å². The van der Waals surface area contributed by atoms with Crippen molar-refractivity contribution in [1.82, 2.24) is 4.57 Å². The van der Waals surface area contributed by atoms with Gasteiger partial charge >= 0.3 is 5.97 Å². The first-order valence-electron chi connectivity index (χ1n) is 10.5. The van der Waals surface area contributed by atoms with Crippen LogP contribution in [0.25, 0.3) is 11.0 Å². The van der Waals surface area contributed by atoms with E-state index in [9.17, 15) is 4.79 Å². The van der Waals surface area contributed by atoms with E-state index in [2.05, 4.69) is 69.0 Å². The van der Waals surface area contributed by atoms with Crippen LogP contribution in [0.2, 0.25) is 0 Å². The average Bonchev–Trinajstić information content (AvgIpc) is 2.85. The highest BCUT2D eigenvalue weighted by Gasteiger charge is 2.34. The van der Waals surface area contributed by atoms with Crippen molar-refractivity contribution in [2.24, 2.45) is 24.8 Å². The Morgan fingerprint density at radius 1 is 1.32 bits per heavy atom. The fraction of sp³-hybridized carbons (Fsp3) is 0.652. The second-order valence-corrected chi connectivity index (χ2v) is 8.76. The van der Waals surface area contributed by atoms with Crippen LogP contribution in [-0.4, -0.2) is 16.6 Å². The van der Waals surface area contributed by atoms with Gasteiger partial charge in [0.05, 0.1) is 7.05 Å². The van der Waals surface area contributed by atoms with E-state index in [1.165, 1.54) is 12.0 Å². The largest absolute Gasteiger partial charge is 1.00 e. The van der Waals surface area contributed by atoms with Gasteiger partial charge in [0.15, 0.2) is 17.6 Å². The second-order valence-electron chi connectivity index (χ2n) is 8.76. The lowest BCUT2D eigenvalue weighted by Crippen LogP contribution is -3.00. The van der Waals surface area contributed by atoms with E-state index in [0.29, 0.717) is 24.3 Å². The lowest BCUT2D eigenvalue weighted by molar-refractivity contribution is -0.653. The van der Waals surface area contributed by atoms with Crippen molar-refractivity contribution in [1.29, 1.82) is 0 Å². The predicted octanol–water partition coefficient (Wildman–Crippen LogP) is 1.34. The van der Waals surface area contributed by atoms with Crippen LogP contribution >= 0.6 is 0 Å². The molecule has 156 valence electrons. The Labute approximate surface area is 186 Å². The first kappa shape index (κ1) is 23.2. The van der Waals surface area contributed by atoms with Gasteiger partial charge in [-0.25, -0.2) is 13.9 Å². The van der Waals surface area contributed by atoms with E-state index in [1.54, 1.807) is 0 Å². The molecule has 4 nitrogen and oxygen atoms in total. The molecule has 1 heterocycles. The fourth-order valence-electron chi connectivity index (χ4n) is 4.78. The average molecular weight is 498 g/mol. The van der Waals surface area contributed by atoms with Crippen molar-refractivity contribution in [3.63, 3.8) is 0 Å². The first-order chi connectivity index (χ1) is 12.8. The summed E-state index contributed by atoms with van der Waals surface area (Å²) in [6.45, 7) is 11.3. The number of benzene rings is 1. The van der Waals surface area contributed by atoms with Crippen LogP contribution in [0.3, 0.4) is 0 Å². The van der Waals surface area contributed by atoms with Crippen molar-refractivity contribution in [2.75, 3.05) is 0 Å². The number of aryl methyl sites for hydroxylation is 2. The molecule has 1 aliphatic rings. The monoisotopic (exact) mass is 498 g/mol. The summed E-state index contributed by atoms with van der Waals surface area (Å²) in [6, 6.07) is 6.44. The van der Waals surface area contributed by atoms with Crippen molar-refractivity contribution >= 4 is 17.0 Å². The molecule has 1 aromatic heterocycles. The highest BCUT2D eigenvalue weighted by molar-refractivity contribution is 5.77. The number of ether oxygens (including phenoxy) is 1. The lowest BCUT2D eigenvalue weighted by atomic mass is 9.75. The molecule has 1 aliphatic carbocycles. The number of rotatable bonds is 5. The number of hydrogen-bond donors (Lipinski definition) is 0. The summed E-state index contributed by atoms with van der Waals surface area (Å²) in [5.74, 6) is 2.72. The van der Waals surface area contributed by atoms with Crippen molar-refractivity contribution in [2.45, 2.75) is 73.0 Å². The smallest absolute Gasteiger partial charge is 0.348 e. The van der Waals surface area contributed by atoms with Crippen LogP contribution in [0, 0.1) is 24.7 Å². The van der Waals surface area contributed by atoms with Crippen LogP contribution in [0.4, 0.5) is 0 Å². The first-order valence-corrected chi connectivity index (χ1v) is 10.5. The minimum Gasteiger partial charge on any atom is -1.00 e. The van der Waals surface area contributed by atoms with E-state index in [0.717, 1.165) is 36.1 Å². The van der Waals surface area contributed by atoms with Gasteiger partial charge in [0.2, 0.25) is 0 Å². The van der Waals surface area contributed by atoms with Gasteiger partial charge in [0, 0.05) is 6.42 Å². The Morgan fingerprint density at radius 3 is 2.68 bits per heavy atom. The zero-order chi connectivity index (χ0) is 19.7. The van der Waals surface area contributed by atoms with Gasteiger partial charge in [0.25, 0.3) is 5.82 Å². The number of imidazole rings is 1. The minimum atomic E-state index is -0.103. The molecule has 1 aromatic carbocycles. The zero-order valence-electron chi connectivity index (χ0n) is 18.2. The van der Waals surface area contributed by atoms with Gasteiger partial charge in [-0.3, -0.25) is 0 Å². The van der Waals surface area contributed by atoms with Crippen molar-refractivity contribution in [3.05, 3.63) is 29.6 Å². The Hall–Kier alpha value is -1.11. The minimum absolute atomic E-state index is 0. The Balaban J connectivity index is 0.00000280. The zero-order valence-corrected chi connectivity index (χ0v) is 20.3. The maximum Gasteiger partial charge on any atom is 0.348 e. The standard InChI is InChI=1S/C23H35N2O2.HI/c1-7-22-24(6)19-11-9-16(4)12-20(19)25(22)14-23(26)27-21-13-17(5)8-10-18(21)15(2)3;/h9,11-12,15,17-18,21H,7-8,10,13-14H2,1-6H3;1H/q+1;/p-1/t17-,18+,21-;/m1./s1. The highest BCUT2D eigenvalue weighted by Crippen LogP contribution is 2.35. The van der Waals surface area contributed by atoms with Crippen LogP contribution < -0.4 is 28.5 Å². The summed E-state index contributed by atoms with van der Waals surface area (Å²) in [4.78, 5) is 12.9. The molecule has 0 bridgehead atoms. The van der Waals surface area contributed by atoms with Crippen LogP contribution in [-0.2, 0) is 29.5 Å². The van der Waals surface area contributed by atoms with E-state index in [1.807, 2.05) is 0 Å². The normalized spacial score (nSPS) is 22.3. The van der Waals surface area contributed by atoms with Gasteiger partial charge in [-0.1, -0.05) is 40.2 Å². The molecule has 1 saturated carbocycles. The summed E-state index contributed by atoms with van der Waals surface area (Å²) in [5.41, 5.74) is 3.49. The SMILES string of the molecule is CCc1n(CC(=O)O[C@@H]2C[C@H](C)CC[C@H]2C(C)C)c2cc(C)ccc2[n+]1C.[I-]. The molecule has 28 heavy (non-hydrogen) atoms.